The lowest BCUT2D eigenvalue weighted by atomic mass is 9.95. The van der Waals surface area contributed by atoms with E-state index in [1.54, 1.807) is 12.4 Å². The van der Waals surface area contributed by atoms with Crippen LogP contribution in [0.3, 0.4) is 0 Å². The summed E-state index contributed by atoms with van der Waals surface area (Å²) >= 11 is 1.53. The maximum Gasteiger partial charge on any atom is 0.251 e. The number of benzene rings is 1. The molecule has 1 aromatic heterocycles. The van der Waals surface area contributed by atoms with Crippen LogP contribution in [0.15, 0.2) is 52.5 Å². The first-order chi connectivity index (χ1) is 12.6. The number of ketones is 1. The maximum absolute atomic E-state index is 12.5. The number of hydrogen-bond acceptors (Lipinski definition) is 5. The highest BCUT2D eigenvalue weighted by atomic mass is 32.2. The molecular formula is C20H21N3O2S. The largest absolute Gasteiger partial charge is 0.348 e. The lowest BCUT2D eigenvalue weighted by molar-refractivity contribution is 0.0930. The standard InChI is InChI=1S/C20H21N3O2S/c1-12(24)14-8-17(11-21-10-14)26-16-5-2-13(3-6-16)20(25)23-19-9-15-4-7-18(19)22-15/h2-3,5-6,8,10-11,15,18-19,22H,4,7,9H2,1H3,(H,23,25). The van der Waals surface area contributed by atoms with Gasteiger partial charge in [0.1, 0.15) is 0 Å². The molecule has 3 heterocycles. The fourth-order valence-corrected chi connectivity index (χ4v) is 4.56. The lowest BCUT2D eigenvalue weighted by Crippen LogP contribution is -2.42. The van der Waals surface area contributed by atoms with Gasteiger partial charge >= 0.3 is 0 Å². The Kier molecular flexibility index (Phi) is 4.78. The molecule has 0 aliphatic carbocycles. The summed E-state index contributed by atoms with van der Waals surface area (Å²) < 4.78 is 0. The number of carbonyl (C=O) groups is 2. The van der Waals surface area contributed by atoms with Crippen molar-refractivity contribution in [3.8, 4) is 0 Å². The molecular weight excluding hydrogens is 346 g/mol. The van der Waals surface area contributed by atoms with E-state index in [9.17, 15) is 9.59 Å². The molecule has 2 aromatic rings. The van der Waals surface area contributed by atoms with E-state index < -0.39 is 0 Å². The zero-order chi connectivity index (χ0) is 18.1. The van der Waals surface area contributed by atoms with E-state index in [0.717, 1.165) is 22.6 Å². The molecule has 0 radical (unpaired) electrons. The Morgan fingerprint density at radius 3 is 2.58 bits per heavy atom. The van der Waals surface area contributed by atoms with Gasteiger partial charge in [-0.15, -0.1) is 0 Å². The van der Waals surface area contributed by atoms with Crippen LogP contribution in [0, 0.1) is 0 Å². The highest BCUT2D eigenvalue weighted by Crippen LogP contribution is 2.29. The van der Waals surface area contributed by atoms with Crippen molar-refractivity contribution in [2.75, 3.05) is 0 Å². The molecule has 134 valence electrons. The third-order valence-corrected chi connectivity index (χ3v) is 6.06. The van der Waals surface area contributed by atoms with Gasteiger partial charge in [0, 0.05) is 51.4 Å². The molecule has 6 heteroatoms. The molecule has 0 saturated carbocycles. The smallest absolute Gasteiger partial charge is 0.251 e. The summed E-state index contributed by atoms with van der Waals surface area (Å²) in [6, 6.07) is 10.6. The monoisotopic (exact) mass is 367 g/mol. The van der Waals surface area contributed by atoms with Crippen molar-refractivity contribution in [2.45, 2.75) is 54.1 Å². The van der Waals surface area contributed by atoms with Crippen LogP contribution < -0.4 is 10.6 Å². The van der Waals surface area contributed by atoms with Crippen LogP contribution in [0.4, 0.5) is 0 Å². The molecule has 0 spiro atoms. The minimum atomic E-state index is -0.0128. The van der Waals surface area contributed by atoms with Crippen molar-refractivity contribution in [2.24, 2.45) is 0 Å². The van der Waals surface area contributed by atoms with Gasteiger partial charge in [-0.2, -0.15) is 0 Å². The van der Waals surface area contributed by atoms with Crippen LogP contribution in [0.2, 0.25) is 0 Å². The topological polar surface area (TPSA) is 71.1 Å². The molecule has 2 saturated heterocycles. The number of fused-ring (bicyclic) bond motifs is 2. The summed E-state index contributed by atoms with van der Waals surface area (Å²) in [5.41, 5.74) is 1.28. The number of hydrogen-bond donors (Lipinski definition) is 2. The zero-order valence-electron chi connectivity index (χ0n) is 14.6. The second kappa shape index (κ2) is 7.21. The van der Waals surface area contributed by atoms with Crippen LogP contribution in [0.25, 0.3) is 0 Å². The molecule has 2 aliphatic rings. The fourth-order valence-electron chi connectivity index (χ4n) is 3.71. The number of carbonyl (C=O) groups excluding carboxylic acids is 2. The van der Waals surface area contributed by atoms with Gasteiger partial charge < -0.3 is 10.6 Å². The van der Waals surface area contributed by atoms with Crippen molar-refractivity contribution < 1.29 is 9.59 Å². The summed E-state index contributed by atoms with van der Waals surface area (Å²) in [5, 5.41) is 6.70. The quantitative estimate of drug-likeness (QED) is 0.795. The van der Waals surface area contributed by atoms with Crippen LogP contribution in [0.1, 0.15) is 46.9 Å². The molecule has 26 heavy (non-hydrogen) atoms. The van der Waals surface area contributed by atoms with Gasteiger partial charge in [-0.1, -0.05) is 11.8 Å². The molecule has 3 atom stereocenters. The predicted molar refractivity (Wildman–Crippen MR) is 101 cm³/mol. The summed E-state index contributed by atoms with van der Waals surface area (Å²) in [4.78, 5) is 30.0. The number of pyridine rings is 1. The Morgan fingerprint density at radius 2 is 1.92 bits per heavy atom. The molecule has 3 unspecified atom stereocenters. The molecule has 2 fully saturated rings. The van der Waals surface area contributed by atoms with E-state index in [0.29, 0.717) is 23.2 Å². The zero-order valence-corrected chi connectivity index (χ0v) is 15.4. The molecule has 1 aromatic carbocycles. The number of rotatable bonds is 5. The number of aromatic nitrogens is 1. The van der Waals surface area contributed by atoms with E-state index in [-0.39, 0.29) is 17.7 Å². The fraction of sp³-hybridized carbons (Fsp3) is 0.350. The number of Topliss-reactive ketones (excluding diaryl/α,β-unsaturated/α-hetero) is 1. The van der Waals surface area contributed by atoms with E-state index >= 15 is 0 Å². The summed E-state index contributed by atoms with van der Waals surface area (Å²) in [7, 11) is 0. The molecule has 5 nitrogen and oxygen atoms in total. The Balaban J connectivity index is 1.39. The summed E-state index contributed by atoms with van der Waals surface area (Å²) in [6.45, 7) is 1.53. The van der Waals surface area contributed by atoms with Gasteiger partial charge in [-0.3, -0.25) is 14.6 Å². The van der Waals surface area contributed by atoms with Crippen molar-refractivity contribution in [3.63, 3.8) is 0 Å². The molecule has 1 amide bonds. The Labute approximate surface area is 157 Å². The SMILES string of the molecule is CC(=O)c1cncc(Sc2ccc(C(=O)NC3CC4CCC3N4)cc2)c1. The summed E-state index contributed by atoms with van der Waals surface area (Å²) in [5.74, 6) is -0.0109. The van der Waals surface area contributed by atoms with Gasteiger partial charge in [-0.25, -0.2) is 0 Å². The minimum Gasteiger partial charge on any atom is -0.348 e. The maximum atomic E-state index is 12.5. The van der Waals surface area contributed by atoms with E-state index in [2.05, 4.69) is 15.6 Å². The van der Waals surface area contributed by atoms with Crippen LogP contribution >= 0.6 is 11.8 Å². The van der Waals surface area contributed by atoms with Crippen LogP contribution in [-0.2, 0) is 0 Å². The number of amides is 1. The van der Waals surface area contributed by atoms with Crippen LogP contribution in [-0.4, -0.2) is 34.8 Å². The van der Waals surface area contributed by atoms with Gasteiger partial charge in [0.2, 0.25) is 0 Å². The van der Waals surface area contributed by atoms with Crippen LogP contribution in [0.5, 0.6) is 0 Å². The van der Waals surface area contributed by atoms with Gasteiger partial charge in [0.15, 0.2) is 5.78 Å². The predicted octanol–water partition coefficient (Wildman–Crippen LogP) is 3.06. The van der Waals surface area contributed by atoms with E-state index in [1.165, 1.54) is 25.1 Å². The van der Waals surface area contributed by atoms with Crippen molar-refractivity contribution >= 4 is 23.5 Å². The first-order valence-electron chi connectivity index (χ1n) is 8.89. The summed E-state index contributed by atoms with van der Waals surface area (Å²) in [6.07, 6.45) is 6.72. The Morgan fingerprint density at radius 1 is 1.12 bits per heavy atom. The first-order valence-corrected chi connectivity index (χ1v) is 9.71. The highest BCUT2D eigenvalue weighted by Gasteiger charge is 2.39. The van der Waals surface area contributed by atoms with Crippen molar-refractivity contribution in [1.82, 2.24) is 15.6 Å². The third kappa shape index (κ3) is 3.66. The molecule has 2 N–H and O–H groups in total. The Bertz CT molecular complexity index is 837. The second-order valence-electron chi connectivity index (χ2n) is 6.96. The van der Waals surface area contributed by atoms with Gasteiger partial charge in [-0.05, 0) is 56.5 Å². The number of nitrogens with zero attached hydrogens (tertiary/aromatic N) is 1. The third-order valence-electron chi connectivity index (χ3n) is 5.09. The second-order valence-corrected chi connectivity index (χ2v) is 8.10. The molecule has 2 bridgehead atoms. The van der Waals surface area contributed by atoms with Crippen molar-refractivity contribution in [3.05, 3.63) is 53.9 Å². The molecule has 4 rings (SSSR count). The highest BCUT2D eigenvalue weighted by molar-refractivity contribution is 7.99. The van der Waals surface area contributed by atoms with Gasteiger partial charge in [0.25, 0.3) is 5.91 Å². The van der Waals surface area contributed by atoms with E-state index in [4.69, 9.17) is 0 Å². The first kappa shape index (κ1) is 17.2. The van der Waals surface area contributed by atoms with E-state index in [1.807, 2.05) is 30.3 Å². The lowest BCUT2D eigenvalue weighted by Gasteiger charge is -2.21. The number of nitrogens with one attached hydrogen (secondary N) is 2. The van der Waals surface area contributed by atoms with Gasteiger partial charge in [0.05, 0.1) is 0 Å². The average Bonchev–Trinajstić information content (AvgIpc) is 3.25. The average molecular weight is 367 g/mol. The normalized spacial score (nSPS) is 23.8. The minimum absolute atomic E-state index is 0.00192. The Hall–Kier alpha value is -2.18. The van der Waals surface area contributed by atoms with Crippen molar-refractivity contribution in [1.29, 1.82) is 0 Å². The molecule has 2 aliphatic heterocycles.